The molecule has 0 aromatic heterocycles. The van der Waals surface area contributed by atoms with Crippen molar-refractivity contribution < 1.29 is 33.6 Å². The second-order valence-electron chi connectivity index (χ2n) is 11.8. The average molecular weight is 596 g/mol. The van der Waals surface area contributed by atoms with E-state index in [-0.39, 0.29) is 37.3 Å². The van der Waals surface area contributed by atoms with Crippen LogP contribution in [0.15, 0.2) is 36.4 Å². The lowest BCUT2D eigenvalue weighted by atomic mass is 9.83. The van der Waals surface area contributed by atoms with Crippen molar-refractivity contribution in [2.75, 3.05) is 45.0 Å². The number of ether oxygens (including phenoxy) is 4. The summed E-state index contributed by atoms with van der Waals surface area (Å²) in [5.74, 6) is -0.409. The van der Waals surface area contributed by atoms with E-state index in [4.69, 9.17) is 24.7 Å². The van der Waals surface area contributed by atoms with Gasteiger partial charge in [-0.15, -0.1) is 0 Å². The van der Waals surface area contributed by atoms with Crippen LogP contribution in [0.4, 0.5) is 5.69 Å². The van der Waals surface area contributed by atoms with E-state index in [1.807, 2.05) is 41.3 Å². The van der Waals surface area contributed by atoms with Crippen molar-refractivity contribution in [3.8, 4) is 17.2 Å². The number of likely N-dealkylation sites (tertiary alicyclic amines) is 1. The van der Waals surface area contributed by atoms with Crippen molar-refractivity contribution in [1.29, 1.82) is 0 Å². The number of rotatable bonds is 13. The Morgan fingerprint density at radius 2 is 2.02 bits per heavy atom. The highest BCUT2D eigenvalue weighted by Gasteiger charge is 2.48. The second kappa shape index (κ2) is 14.4. The molecule has 2 aromatic carbocycles. The van der Waals surface area contributed by atoms with Gasteiger partial charge in [-0.25, -0.2) is 0 Å². The number of benzene rings is 2. The summed E-state index contributed by atoms with van der Waals surface area (Å²) in [4.78, 5) is 30.9. The number of nitrogens with zero attached hydrogens (tertiary/aromatic N) is 2. The van der Waals surface area contributed by atoms with Crippen molar-refractivity contribution in [1.82, 2.24) is 4.90 Å². The third kappa shape index (κ3) is 7.08. The number of carbonyl (C=O) groups excluding carboxylic acids is 1. The molecule has 2 aromatic rings. The fourth-order valence-corrected chi connectivity index (χ4v) is 6.77. The van der Waals surface area contributed by atoms with E-state index < -0.39 is 11.9 Å². The quantitative estimate of drug-likeness (QED) is 0.344. The monoisotopic (exact) mass is 595 g/mol. The zero-order valence-corrected chi connectivity index (χ0v) is 25.3. The molecular formula is C33H45N3O7. The molecule has 10 nitrogen and oxygen atoms in total. The van der Waals surface area contributed by atoms with Gasteiger partial charge in [-0.3, -0.25) is 14.5 Å². The highest BCUT2D eigenvalue weighted by Crippen LogP contribution is 2.47. The predicted octanol–water partition coefficient (Wildman–Crippen LogP) is 4.53. The topological polar surface area (TPSA) is 124 Å². The van der Waals surface area contributed by atoms with Crippen LogP contribution in [-0.2, 0) is 20.9 Å². The number of nitrogens with two attached hydrogens (primary N) is 1. The summed E-state index contributed by atoms with van der Waals surface area (Å²) in [6.07, 6.45) is 6.47. The van der Waals surface area contributed by atoms with Crippen LogP contribution in [0, 0.1) is 5.92 Å². The standard InChI is InChI=1S/C33H45N3O7/c1-3-4-13-36(24-9-7-8-22(15-24)18-34)30(37)20-35-19-26(23-16-28(40-2)32-29(17-23)42-21-43-32)31(33(38)39)27(35)12-11-25-10-5-6-14-41-25/h7-9,15-17,25-27,31H,3-6,10-14,18-21,34H2,1-2H3,(H,38,39)/t25?,26-,27+,31?/m1/s1. The third-order valence-electron chi connectivity index (χ3n) is 9.03. The third-order valence-corrected chi connectivity index (χ3v) is 9.03. The summed E-state index contributed by atoms with van der Waals surface area (Å²) < 4.78 is 22.8. The molecule has 3 aliphatic heterocycles. The molecule has 4 atom stereocenters. The number of anilines is 1. The minimum absolute atomic E-state index is 0.0467. The van der Waals surface area contributed by atoms with Crippen molar-refractivity contribution in [3.05, 3.63) is 47.5 Å². The van der Waals surface area contributed by atoms with Gasteiger partial charge in [0.1, 0.15) is 0 Å². The molecule has 2 saturated heterocycles. The summed E-state index contributed by atoms with van der Waals surface area (Å²) >= 11 is 0. The fourth-order valence-electron chi connectivity index (χ4n) is 6.77. The highest BCUT2D eigenvalue weighted by molar-refractivity contribution is 5.95. The van der Waals surface area contributed by atoms with Gasteiger partial charge < -0.3 is 34.7 Å². The van der Waals surface area contributed by atoms with Gasteiger partial charge in [0.25, 0.3) is 0 Å². The van der Waals surface area contributed by atoms with Crippen LogP contribution in [0.25, 0.3) is 0 Å². The number of carboxylic acids is 1. The van der Waals surface area contributed by atoms with Crippen molar-refractivity contribution in [2.24, 2.45) is 11.7 Å². The Labute approximate surface area is 254 Å². The van der Waals surface area contributed by atoms with Crippen LogP contribution in [0.5, 0.6) is 17.2 Å². The molecule has 3 aliphatic rings. The molecule has 1 amide bonds. The molecular weight excluding hydrogens is 550 g/mol. The molecule has 234 valence electrons. The molecule has 10 heteroatoms. The lowest BCUT2D eigenvalue weighted by Gasteiger charge is -2.31. The highest BCUT2D eigenvalue weighted by atomic mass is 16.7. The Morgan fingerprint density at radius 1 is 1.16 bits per heavy atom. The Kier molecular flexibility index (Phi) is 10.4. The van der Waals surface area contributed by atoms with Gasteiger partial charge in [0.2, 0.25) is 18.4 Å². The van der Waals surface area contributed by atoms with Crippen LogP contribution < -0.4 is 24.8 Å². The normalized spacial score (nSPS) is 23.3. The van der Waals surface area contributed by atoms with Crippen LogP contribution in [0.1, 0.15) is 68.9 Å². The Morgan fingerprint density at radius 3 is 2.74 bits per heavy atom. The van der Waals surface area contributed by atoms with Crippen LogP contribution >= 0.6 is 0 Å². The number of fused-ring (bicyclic) bond motifs is 1. The van der Waals surface area contributed by atoms with Gasteiger partial charge in [-0.05, 0) is 73.9 Å². The molecule has 0 radical (unpaired) electrons. The van der Waals surface area contributed by atoms with E-state index in [0.717, 1.165) is 61.9 Å². The number of amides is 1. The number of hydrogen-bond donors (Lipinski definition) is 2. The summed E-state index contributed by atoms with van der Waals surface area (Å²) in [7, 11) is 1.56. The number of carbonyl (C=O) groups is 2. The molecule has 0 saturated carbocycles. The molecule has 5 rings (SSSR count). The van der Waals surface area contributed by atoms with E-state index in [0.29, 0.717) is 43.3 Å². The van der Waals surface area contributed by atoms with E-state index in [2.05, 4.69) is 11.8 Å². The number of aliphatic carboxylic acids is 1. The minimum atomic E-state index is -0.871. The molecule has 3 N–H and O–H groups in total. The summed E-state index contributed by atoms with van der Waals surface area (Å²) in [5, 5.41) is 10.6. The van der Waals surface area contributed by atoms with Crippen molar-refractivity contribution >= 4 is 17.6 Å². The van der Waals surface area contributed by atoms with Crippen molar-refractivity contribution in [3.63, 3.8) is 0 Å². The Balaban J connectivity index is 1.45. The summed E-state index contributed by atoms with van der Waals surface area (Å²) in [6.45, 7) is 4.45. The SMILES string of the molecule is CCCCN(C(=O)CN1C[C@H](c2cc(OC)c3c(c2)OCO3)C(C(=O)O)[C@@H]1CCC1CCCCO1)c1cccc(CN)c1. The Hall–Kier alpha value is -3.34. The maximum atomic E-state index is 14.1. The number of hydrogen-bond acceptors (Lipinski definition) is 8. The lowest BCUT2D eigenvalue weighted by Crippen LogP contribution is -2.45. The van der Waals surface area contributed by atoms with Gasteiger partial charge in [0.05, 0.1) is 25.7 Å². The van der Waals surface area contributed by atoms with Crippen LogP contribution in [0.3, 0.4) is 0 Å². The van der Waals surface area contributed by atoms with Gasteiger partial charge >= 0.3 is 5.97 Å². The molecule has 43 heavy (non-hydrogen) atoms. The second-order valence-corrected chi connectivity index (χ2v) is 11.8. The largest absolute Gasteiger partial charge is 0.493 e. The first-order chi connectivity index (χ1) is 20.9. The smallest absolute Gasteiger partial charge is 0.308 e. The van der Waals surface area contributed by atoms with E-state index in [1.54, 1.807) is 7.11 Å². The molecule has 0 aliphatic carbocycles. The fraction of sp³-hybridized carbons (Fsp3) is 0.576. The maximum Gasteiger partial charge on any atom is 0.308 e. The van der Waals surface area contributed by atoms with Crippen molar-refractivity contribution in [2.45, 2.75) is 76.5 Å². The zero-order chi connectivity index (χ0) is 30.3. The summed E-state index contributed by atoms with van der Waals surface area (Å²) in [6, 6.07) is 11.2. The predicted molar refractivity (Wildman–Crippen MR) is 163 cm³/mol. The molecule has 0 spiro atoms. The first kappa shape index (κ1) is 31.1. The molecule has 2 unspecified atom stereocenters. The van der Waals surface area contributed by atoms with E-state index in [1.165, 1.54) is 0 Å². The lowest BCUT2D eigenvalue weighted by molar-refractivity contribution is -0.143. The Bertz CT molecular complexity index is 1270. The molecule has 2 fully saturated rings. The summed E-state index contributed by atoms with van der Waals surface area (Å²) in [5.41, 5.74) is 8.49. The van der Waals surface area contributed by atoms with Gasteiger partial charge in [0, 0.05) is 43.9 Å². The number of methoxy groups -OCH3 is 1. The maximum absolute atomic E-state index is 14.1. The number of carboxylic acid groups (broad SMARTS) is 1. The average Bonchev–Trinajstić information content (AvgIpc) is 3.65. The molecule has 0 bridgehead atoms. The van der Waals surface area contributed by atoms with Crippen LogP contribution in [0.2, 0.25) is 0 Å². The van der Waals surface area contributed by atoms with Gasteiger partial charge in [-0.1, -0.05) is 25.5 Å². The van der Waals surface area contributed by atoms with E-state index in [9.17, 15) is 14.7 Å². The molecule has 3 heterocycles. The van der Waals surface area contributed by atoms with Gasteiger partial charge in [0.15, 0.2) is 11.5 Å². The minimum Gasteiger partial charge on any atom is -0.493 e. The van der Waals surface area contributed by atoms with E-state index >= 15 is 0 Å². The first-order valence-corrected chi connectivity index (χ1v) is 15.6. The van der Waals surface area contributed by atoms with Crippen LogP contribution in [-0.4, -0.2) is 74.2 Å². The first-order valence-electron chi connectivity index (χ1n) is 15.6. The van der Waals surface area contributed by atoms with Gasteiger partial charge in [-0.2, -0.15) is 0 Å². The number of unbranched alkanes of at least 4 members (excludes halogenated alkanes) is 1. The zero-order valence-electron chi connectivity index (χ0n) is 25.3.